The van der Waals surface area contributed by atoms with Crippen molar-refractivity contribution in [1.82, 2.24) is 14.5 Å². The molecule has 1 heterocycles. The molecule has 18 heavy (non-hydrogen) atoms. The maximum Gasteiger partial charge on any atom is 0.304 e. The standard InChI is InChI=1S/C13H21N3O2/c1-10(2)15(6-5-13(17)18)8-12-7-14-9-16(12)11-3-4-11/h7,9-11H,3-6,8H2,1-2H3,(H,17,18). The molecular weight excluding hydrogens is 230 g/mol. The summed E-state index contributed by atoms with van der Waals surface area (Å²) in [5.41, 5.74) is 1.19. The highest BCUT2D eigenvalue weighted by Crippen LogP contribution is 2.35. The van der Waals surface area contributed by atoms with Gasteiger partial charge >= 0.3 is 5.97 Å². The summed E-state index contributed by atoms with van der Waals surface area (Å²) in [4.78, 5) is 17.1. The molecule has 1 fully saturated rings. The van der Waals surface area contributed by atoms with Crippen LogP contribution in [0.25, 0.3) is 0 Å². The predicted octanol–water partition coefficient (Wildman–Crippen LogP) is 1.90. The summed E-state index contributed by atoms with van der Waals surface area (Å²) >= 11 is 0. The van der Waals surface area contributed by atoms with Crippen LogP contribution in [0.2, 0.25) is 0 Å². The van der Waals surface area contributed by atoms with Crippen LogP contribution in [0.5, 0.6) is 0 Å². The fourth-order valence-electron chi connectivity index (χ4n) is 2.10. The van der Waals surface area contributed by atoms with E-state index in [0.717, 1.165) is 6.54 Å². The largest absolute Gasteiger partial charge is 0.481 e. The van der Waals surface area contributed by atoms with Gasteiger partial charge in [-0.25, -0.2) is 4.98 Å². The first-order valence-electron chi connectivity index (χ1n) is 6.54. The highest BCUT2D eigenvalue weighted by Gasteiger charge is 2.26. The van der Waals surface area contributed by atoms with Crippen molar-refractivity contribution < 1.29 is 9.90 Å². The number of carboxylic acid groups (broad SMARTS) is 1. The van der Waals surface area contributed by atoms with Crippen molar-refractivity contribution in [2.24, 2.45) is 0 Å². The van der Waals surface area contributed by atoms with Gasteiger partial charge in [0.25, 0.3) is 0 Å². The molecule has 1 aliphatic carbocycles. The lowest BCUT2D eigenvalue weighted by Gasteiger charge is -2.26. The third-order valence-corrected chi connectivity index (χ3v) is 3.39. The van der Waals surface area contributed by atoms with Crippen LogP contribution in [0, 0.1) is 0 Å². The second-order valence-corrected chi connectivity index (χ2v) is 5.23. The van der Waals surface area contributed by atoms with Crippen molar-refractivity contribution in [3.63, 3.8) is 0 Å². The molecule has 0 aromatic carbocycles. The van der Waals surface area contributed by atoms with E-state index < -0.39 is 5.97 Å². The van der Waals surface area contributed by atoms with Gasteiger partial charge in [-0.1, -0.05) is 0 Å². The first-order valence-corrected chi connectivity index (χ1v) is 6.54. The van der Waals surface area contributed by atoms with Gasteiger partial charge in [-0.3, -0.25) is 9.69 Å². The first kappa shape index (κ1) is 13.1. The minimum absolute atomic E-state index is 0.190. The first-order chi connectivity index (χ1) is 8.58. The van der Waals surface area contributed by atoms with E-state index in [2.05, 4.69) is 28.3 Å². The Balaban J connectivity index is 1.98. The summed E-state index contributed by atoms with van der Waals surface area (Å²) in [6, 6.07) is 0.961. The third-order valence-electron chi connectivity index (χ3n) is 3.39. The van der Waals surface area contributed by atoms with Crippen molar-refractivity contribution in [2.45, 2.75) is 51.7 Å². The summed E-state index contributed by atoms with van der Waals surface area (Å²) in [5, 5.41) is 8.78. The lowest BCUT2D eigenvalue weighted by molar-refractivity contribution is -0.137. The fraction of sp³-hybridized carbons (Fsp3) is 0.692. The number of carbonyl (C=O) groups is 1. The molecule has 1 aromatic heterocycles. The molecule has 0 amide bonds. The van der Waals surface area contributed by atoms with E-state index in [1.807, 2.05) is 12.5 Å². The number of hydrogen-bond donors (Lipinski definition) is 1. The highest BCUT2D eigenvalue weighted by atomic mass is 16.4. The van der Waals surface area contributed by atoms with Crippen LogP contribution in [0.4, 0.5) is 0 Å². The predicted molar refractivity (Wildman–Crippen MR) is 68.3 cm³/mol. The van der Waals surface area contributed by atoms with Crippen molar-refractivity contribution >= 4 is 5.97 Å². The maximum atomic E-state index is 10.7. The van der Waals surface area contributed by atoms with Crippen LogP contribution in [-0.4, -0.2) is 38.1 Å². The molecule has 2 rings (SSSR count). The van der Waals surface area contributed by atoms with Crippen molar-refractivity contribution in [3.8, 4) is 0 Å². The number of aliphatic carboxylic acids is 1. The van der Waals surface area contributed by atoms with Crippen LogP contribution in [0.15, 0.2) is 12.5 Å². The van der Waals surface area contributed by atoms with Crippen molar-refractivity contribution in [3.05, 3.63) is 18.2 Å². The second-order valence-electron chi connectivity index (χ2n) is 5.23. The van der Waals surface area contributed by atoms with E-state index in [1.54, 1.807) is 0 Å². The number of nitrogens with zero attached hydrogens (tertiary/aromatic N) is 3. The van der Waals surface area contributed by atoms with Crippen LogP contribution in [0.1, 0.15) is 44.8 Å². The van der Waals surface area contributed by atoms with Gasteiger partial charge in [0.1, 0.15) is 0 Å². The number of rotatable bonds is 7. The quantitative estimate of drug-likeness (QED) is 0.804. The SMILES string of the molecule is CC(C)N(CCC(=O)O)Cc1cncn1C1CC1. The maximum absolute atomic E-state index is 10.7. The summed E-state index contributed by atoms with van der Waals surface area (Å²) in [6.07, 6.45) is 6.45. The zero-order valence-corrected chi connectivity index (χ0v) is 11.0. The van der Waals surface area contributed by atoms with Gasteiger partial charge in [0.2, 0.25) is 0 Å². The number of carboxylic acids is 1. The van der Waals surface area contributed by atoms with Crippen LogP contribution in [-0.2, 0) is 11.3 Å². The molecule has 1 aromatic rings. The minimum Gasteiger partial charge on any atom is -0.481 e. The smallest absolute Gasteiger partial charge is 0.304 e. The van der Waals surface area contributed by atoms with E-state index in [4.69, 9.17) is 5.11 Å². The molecule has 0 radical (unpaired) electrons. The fourth-order valence-corrected chi connectivity index (χ4v) is 2.10. The summed E-state index contributed by atoms with van der Waals surface area (Å²) < 4.78 is 2.23. The van der Waals surface area contributed by atoms with Gasteiger partial charge in [-0.2, -0.15) is 0 Å². The molecule has 1 aliphatic rings. The monoisotopic (exact) mass is 251 g/mol. The zero-order valence-electron chi connectivity index (χ0n) is 11.0. The zero-order chi connectivity index (χ0) is 13.1. The van der Waals surface area contributed by atoms with Gasteiger partial charge in [-0.15, -0.1) is 0 Å². The van der Waals surface area contributed by atoms with Crippen LogP contribution >= 0.6 is 0 Å². The molecule has 0 saturated heterocycles. The summed E-state index contributed by atoms with van der Waals surface area (Å²) in [7, 11) is 0. The average Bonchev–Trinajstić information content (AvgIpc) is 3.04. The molecule has 5 nitrogen and oxygen atoms in total. The molecule has 0 aliphatic heterocycles. The molecule has 0 atom stereocenters. The Labute approximate surface area is 107 Å². The topological polar surface area (TPSA) is 58.4 Å². The van der Waals surface area contributed by atoms with E-state index >= 15 is 0 Å². The molecule has 0 bridgehead atoms. The number of hydrogen-bond acceptors (Lipinski definition) is 3. The third kappa shape index (κ3) is 3.32. The Morgan fingerprint density at radius 2 is 2.33 bits per heavy atom. The Morgan fingerprint density at radius 3 is 2.89 bits per heavy atom. The highest BCUT2D eigenvalue weighted by molar-refractivity contribution is 5.66. The number of imidazole rings is 1. The molecule has 1 N–H and O–H groups in total. The minimum atomic E-state index is -0.739. The summed E-state index contributed by atoms with van der Waals surface area (Å²) in [6.45, 7) is 5.56. The van der Waals surface area contributed by atoms with E-state index in [9.17, 15) is 4.79 Å². The molecule has 100 valence electrons. The lowest BCUT2D eigenvalue weighted by Crippen LogP contribution is -2.33. The molecule has 5 heteroatoms. The number of aromatic nitrogens is 2. The molecular formula is C13H21N3O2. The summed E-state index contributed by atoms with van der Waals surface area (Å²) in [5.74, 6) is -0.739. The van der Waals surface area contributed by atoms with Gasteiger partial charge in [0, 0.05) is 31.4 Å². The van der Waals surface area contributed by atoms with Gasteiger partial charge in [0.15, 0.2) is 0 Å². The van der Waals surface area contributed by atoms with Crippen LogP contribution in [0.3, 0.4) is 0 Å². The van der Waals surface area contributed by atoms with Crippen molar-refractivity contribution in [2.75, 3.05) is 6.54 Å². The average molecular weight is 251 g/mol. The Hall–Kier alpha value is -1.36. The second kappa shape index (κ2) is 5.52. The lowest BCUT2D eigenvalue weighted by atomic mass is 10.2. The van der Waals surface area contributed by atoms with Gasteiger partial charge in [0.05, 0.1) is 18.4 Å². The van der Waals surface area contributed by atoms with E-state index in [-0.39, 0.29) is 6.42 Å². The van der Waals surface area contributed by atoms with E-state index in [1.165, 1.54) is 18.5 Å². The molecule has 0 spiro atoms. The molecule has 1 saturated carbocycles. The normalized spacial score (nSPS) is 15.6. The van der Waals surface area contributed by atoms with Gasteiger partial charge in [-0.05, 0) is 26.7 Å². The van der Waals surface area contributed by atoms with E-state index in [0.29, 0.717) is 18.6 Å². The Morgan fingerprint density at radius 1 is 1.61 bits per heavy atom. The Kier molecular flexibility index (Phi) is 4.01. The van der Waals surface area contributed by atoms with Crippen molar-refractivity contribution in [1.29, 1.82) is 0 Å². The molecule has 0 unspecified atom stereocenters. The van der Waals surface area contributed by atoms with Crippen LogP contribution < -0.4 is 0 Å². The Bertz CT molecular complexity index is 410. The van der Waals surface area contributed by atoms with Gasteiger partial charge < -0.3 is 9.67 Å².